The summed E-state index contributed by atoms with van der Waals surface area (Å²) in [5.74, 6) is 0.997. The molecule has 0 spiro atoms. The van der Waals surface area contributed by atoms with Crippen LogP contribution in [0.5, 0.6) is 0 Å². The van der Waals surface area contributed by atoms with Crippen LogP contribution in [0.4, 0.5) is 0 Å². The van der Waals surface area contributed by atoms with Crippen molar-refractivity contribution in [3.8, 4) is 28.2 Å². The van der Waals surface area contributed by atoms with Gasteiger partial charge in [0, 0.05) is 38.4 Å². The van der Waals surface area contributed by atoms with Crippen molar-refractivity contribution in [2.45, 2.75) is 13.8 Å². The number of nitrogens with zero attached hydrogens (tertiary/aromatic N) is 3. The van der Waals surface area contributed by atoms with Crippen molar-refractivity contribution in [2.24, 2.45) is 0 Å². The second-order valence-corrected chi connectivity index (χ2v) is 12.4. The molecule has 2 aliphatic rings. The van der Waals surface area contributed by atoms with E-state index in [0.29, 0.717) is 0 Å². The minimum absolute atomic E-state index is 0.0324. The van der Waals surface area contributed by atoms with Gasteiger partial charge < -0.3 is 13.5 Å². The molecule has 0 amide bonds. The van der Waals surface area contributed by atoms with Crippen LogP contribution in [0, 0.1) is 13.8 Å². The summed E-state index contributed by atoms with van der Waals surface area (Å²) in [4.78, 5) is 5.56. The molecule has 5 heterocycles. The van der Waals surface area contributed by atoms with Crippen LogP contribution in [0.1, 0.15) is 11.1 Å². The Morgan fingerprint density at radius 3 is 2.30 bits per heavy atom. The maximum absolute atomic E-state index is 6.62. The van der Waals surface area contributed by atoms with Crippen LogP contribution in [-0.2, 0) is 0 Å². The minimum Gasteiger partial charge on any atom is -0.454 e. The Morgan fingerprint density at radius 2 is 1.41 bits per heavy atom. The molecule has 0 N–H and O–H groups in total. The highest BCUT2D eigenvalue weighted by Gasteiger charge is 2.42. The molecule has 2 aliphatic heterocycles. The summed E-state index contributed by atoms with van der Waals surface area (Å²) in [6.45, 7) is 4.37. The smallest absolute Gasteiger partial charge is 0.334 e. The molecule has 0 radical (unpaired) electrons. The number of fused-ring (bicyclic) bond motifs is 11. The van der Waals surface area contributed by atoms with Gasteiger partial charge in [0.1, 0.15) is 16.9 Å². The van der Waals surface area contributed by atoms with Crippen LogP contribution in [0.25, 0.3) is 83.0 Å². The van der Waals surface area contributed by atoms with Gasteiger partial charge in [0.25, 0.3) is 0 Å². The zero-order chi connectivity index (χ0) is 28.8. The molecule has 6 aromatic carbocycles. The Hall–Kier alpha value is -5.55. The fraction of sp³-hybridized carbons (Fsp3) is 0.0513. The summed E-state index contributed by atoms with van der Waals surface area (Å²) in [6.07, 6.45) is 0. The van der Waals surface area contributed by atoms with Gasteiger partial charge in [0.15, 0.2) is 5.58 Å². The number of hydrogen-bond donors (Lipinski definition) is 0. The molecule has 0 atom stereocenters. The lowest BCUT2D eigenvalue weighted by atomic mass is 9.45. The van der Waals surface area contributed by atoms with Crippen LogP contribution in [-0.4, -0.2) is 20.9 Å². The fourth-order valence-corrected chi connectivity index (χ4v) is 8.46. The molecule has 0 unspecified atom stereocenters. The van der Waals surface area contributed by atoms with Crippen molar-refractivity contribution in [2.75, 3.05) is 0 Å². The van der Waals surface area contributed by atoms with E-state index in [-0.39, 0.29) is 6.85 Å². The number of benzene rings is 6. The lowest BCUT2D eigenvalue weighted by Gasteiger charge is -2.34. The topological polar surface area (TPSA) is 35.9 Å². The summed E-state index contributed by atoms with van der Waals surface area (Å²) >= 11 is 0. The maximum atomic E-state index is 6.62. The van der Waals surface area contributed by atoms with Crippen LogP contribution in [0.3, 0.4) is 0 Å². The number of rotatable bonds is 1. The quantitative estimate of drug-likeness (QED) is 0.189. The Balaban J connectivity index is 1.41. The maximum Gasteiger partial charge on any atom is 0.334 e. The summed E-state index contributed by atoms with van der Waals surface area (Å²) in [6, 6.07) is 39.7. The first-order valence-electron chi connectivity index (χ1n) is 15.3. The van der Waals surface area contributed by atoms with Crippen molar-refractivity contribution < 1.29 is 4.42 Å². The largest absolute Gasteiger partial charge is 0.454 e. The van der Waals surface area contributed by atoms with Crippen LogP contribution in [0.2, 0.25) is 0 Å². The van der Waals surface area contributed by atoms with E-state index in [1.165, 1.54) is 66.2 Å². The number of furan rings is 1. The molecule has 5 heteroatoms. The fourth-order valence-electron chi connectivity index (χ4n) is 8.46. The Labute approximate surface area is 252 Å². The Bertz CT molecular complexity index is 2740. The highest BCUT2D eigenvalue weighted by atomic mass is 16.3. The molecular weight excluding hydrogens is 537 g/mol. The van der Waals surface area contributed by atoms with Gasteiger partial charge in [-0.05, 0) is 65.7 Å². The Morgan fingerprint density at radius 1 is 0.659 bits per heavy atom. The minimum atomic E-state index is -0.0324. The first kappa shape index (κ1) is 23.0. The average molecular weight is 561 g/mol. The monoisotopic (exact) mass is 561 g/mol. The third kappa shape index (κ3) is 2.53. The first-order chi connectivity index (χ1) is 21.7. The predicted octanol–water partition coefficient (Wildman–Crippen LogP) is 8.26. The van der Waals surface area contributed by atoms with Crippen molar-refractivity contribution in [1.29, 1.82) is 0 Å². The molecule has 0 bridgehead atoms. The van der Waals surface area contributed by atoms with E-state index >= 15 is 0 Å². The summed E-state index contributed by atoms with van der Waals surface area (Å²) in [7, 11) is 0. The van der Waals surface area contributed by atoms with Gasteiger partial charge in [-0.3, -0.25) is 0 Å². The number of imidazole rings is 1. The van der Waals surface area contributed by atoms with Gasteiger partial charge in [0.2, 0.25) is 0 Å². The van der Waals surface area contributed by atoms with E-state index in [0.717, 1.165) is 38.8 Å². The van der Waals surface area contributed by atoms with Crippen molar-refractivity contribution in [1.82, 2.24) is 14.0 Å². The van der Waals surface area contributed by atoms with Gasteiger partial charge in [-0.1, -0.05) is 84.9 Å². The van der Waals surface area contributed by atoms with Crippen LogP contribution >= 0.6 is 0 Å². The molecule has 0 fully saturated rings. The standard InChI is InChI=1S/C39H24BN3O/c1-21-10-7-11-22(2)33(21)39-41-35-37-27(20-28-24-13-4-6-19-32(24)44-38(28)35)25-14-9-18-31-34(25)40(43(37)39)29-16-8-15-26-23-12-3-5-17-30(23)42(31)36(26)29/h3-20H,1-2H3. The van der Waals surface area contributed by atoms with Gasteiger partial charge in [0.05, 0.1) is 16.6 Å². The zero-order valence-corrected chi connectivity index (χ0v) is 24.2. The summed E-state index contributed by atoms with van der Waals surface area (Å²) in [5.41, 5.74) is 16.4. The molecular formula is C39H24BN3O. The van der Waals surface area contributed by atoms with E-state index in [4.69, 9.17) is 9.40 Å². The number of hydrogen-bond acceptors (Lipinski definition) is 2. The van der Waals surface area contributed by atoms with E-state index in [1.807, 2.05) is 6.07 Å². The third-order valence-electron chi connectivity index (χ3n) is 10.2. The second-order valence-electron chi connectivity index (χ2n) is 12.4. The predicted molar refractivity (Wildman–Crippen MR) is 182 cm³/mol. The van der Waals surface area contributed by atoms with E-state index in [9.17, 15) is 0 Å². The summed E-state index contributed by atoms with van der Waals surface area (Å²) in [5, 5.41) is 4.81. The van der Waals surface area contributed by atoms with Crippen LogP contribution < -0.4 is 10.9 Å². The third-order valence-corrected chi connectivity index (χ3v) is 10.2. The molecule has 3 aromatic heterocycles. The number of para-hydroxylation sites is 3. The summed E-state index contributed by atoms with van der Waals surface area (Å²) < 4.78 is 11.7. The number of aromatic nitrogens is 3. The van der Waals surface area contributed by atoms with E-state index < -0.39 is 0 Å². The van der Waals surface area contributed by atoms with E-state index in [2.05, 4.69) is 126 Å². The van der Waals surface area contributed by atoms with Crippen molar-refractivity contribution >= 4 is 72.6 Å². The van der Waals surface area contributed by atoms with Crippen LogP contribution in [0.15, 0.2) is 114 Å². The molecule has 9 aromatic rings. The zero-order valence-electron chi connectivity index (χ0n) is 24.2. The molecule has 0 saturated heterocycles. The van der Waals surface area contributed by atoms with Crippen molar-refractivity contribution in [3.63, 3.8) is 0 Å². The Kier molecular flexibility index (Phi) is 4.02. The lowest BCUT2D eigenvalue weighted by molar-refractivity contribution is 0.672. The molecule has 0 aliphatic carbocycles. The first-order valence-corrected chi connectivity index (χ1v) is 15.3. The number of aryl methyl sites for hydroxylation is 2. The van der Waals surface area contributed by atoms with Gasteiger partial charge in [-0.15, -0.1) is 0 Å². The van der Waals surface area contributed by atoms with Gasteiger partial charge in [-0.2, -0.15) is 0 Å². The molecule has 44 heavy (non-hydrogen) atoms. The van der Waals surface area contributed by atoms with E-state index in [1.54, 1.807) is 0 Å². The molecule has 11 rings (SSSR count). The molecule has 4 nitrogen and oxygen atoms in total. The molecule has 0 saturated carbocycles. The highest BCUT2D eigenvalue weighted by molar-refractivity contribution is 6.89. The highest BCUT2D eigenvalue weighted by Crippen LogP contribution is 2.46. The second kappa shape index (κ2) is 7.69. The normalized spacial score (nSPS) is 13.2. The lowest BCUT2D eigenvalue weighted by Crippen LogP contribution is -2.55. The SMILES string of the molecule is Cc1cccc(C)c1-c1nc2c3oc4ccccc4c3cc3c2n1B1c2c-3cccc2-n2c3ccccc3c3cccc1c32. The average Bonchev–Trinajstić information content (AvgIpc) is 3.72. The molecule has 204 valence electrons. The van der Waals surface area contributed by atoms with Crippen molar-refractivity contribution in [3.05, 3.63) is 120 Å². The van der Waals surface area contributed by atoms with Gasteiger partial charge >= 0.3 is 6.85 Å². The van der Waals surface area contributed by atoms with Gasteiger partial charge in [-0.25, -0.2) is 4.98 Å².